The van der Waals surface area contributed by atoms with Gasteiger partial charge in [-0.1, -0.05) is 30.7 Å². The van der Waals surface area contributed by atoms with Crippen LogP contribution >= 0.6 is 0 Å². The summed E-state index contributed by atoms with van der Waals surface area (Å²) in [4.78, 5) is 12.1. The van der Waals surface area contributed by atoms with Crippen molar-refractivity contribution in [2.45, 2.75) is 39.5 Å². The lowest BCUT2D eigenvalue weighted by molar-refractivity contribution is 0.236. The molecule has 2 aromatic heterocycles. The minimum atomic E-state index is -0.348. The van der Waals surface area contributed by atoms with Gasteiger partial charge in [0.25, 0.3) is 0 Å². The van der Waals surface area contributed by atoms with E-state index >= 15 is 0 Å². The number of hydrogen-bond acceptors (Lipinski definition) is 5. The molecule has 2 heterocycles. The number of aromatic nitrogens is 6. The number of hydrogen-bond donors (Lipinski definition) is 0. The molecule has 0 aliphatic carbocycles. The third kappa shape index (κ3) is 2.29. The van der Waals surface area contributed by atoms with Gasteiger partial charge in [0.1, 0.15) is 0 Å². The van der Waals surface area contributed by atoms with Crippen LogP contribution in [0.5, 0.6) is 0 Å². The maximum Gasteiger partial charge on any atom is 0.372 e. The van der Waals surface area contributed by atoms with E-state index in [9.17, 15) is 4.79 Å². The SMILES string of the molecule is CCCCc1nnn(C(=O)n2ccnn2)c1CC. The number of nitrogens with zero attached hydrogens (tertiary/aromatic N) is 6. The van der Waals surface area contributed by atoms with Crippen LogP contribution in [0.2, 0.25) is 0 Å². The molecule has 18 heavy (non-hydrogen) atoms. The maximum absolute atomic E-state index is 12.1. The van der Waals surface area contributed by atoms with Crippen molar-refractivity contribution >= 4 is 6.03 Å². The summed E-state index contributed by atoms with van der Waals surface area (Å²) < 4.78 is 2.46. The third-order valence-corrected chi connectivity index (χ3v) is 2.75. The van der Waals surface area contributed by atoms with E-state index in [-0.39, 0.29) is 6.03 Å². The van der Waals surface area contributed by atoms with Crippen LogP contribution in [0.1, 0.15) is 38.1 Å². The summed E-state index contributed by atoms with van der Waals surface area (Å²) in [5, 5.41) is 15.3. The fourth-order valence-corrected chi connectivity index (χ4v) is 1.79. The van der Waals surface area contributed by atoms with Crippen molar-refractivity contribution in [3.8, 4) is 0 Å². The Morgan fingerprint density at radius 1 is 1.33 bits per heavy atom. The minimum absolute atomic E-state index is 0.348. The van der Waals surface area contributed by atoms with Crippen molar-refractivity contribution in [1.82, 2.24) is 30.0 Å². The van der Waals surface area contributed by atoms with E-state index in [1.165, 1.54) is 17.1 Å². The minimum Gasteiger partial charge on any atom is -0.243 e. The Balaban J connectivity index is 2.28. The molecule has 0 spiro atoms. The molecule has 0 aliphatic heterocycles. The summed E-state index contributed by atoms with van der Waals surface area (Å²) in [6.07, 6.45) is 6.65. The molecule has 7 heteroatoms. The van der Waals surface area contributed by atoms with Gasteiger partial charge < -0.3 is 0 Å². The van der Waals surface area contributed by atoms with E-state index in [0.29, 0.717) is 6.42 Å². The lowest BCUT2D eigenvalue weighted by Gasteiger charge is -2.03. The van der Waals surface area contributed by atoms with Crippen LogP contribution in [0.15, 0.2) is 12.4 Å². The third-order valence-electron chi connectivity index (χ3n) is 2.75. The number of rotatable bonds is 4. The fraction of sp³-hybridized carbons (Fsp3) is 0.545. The summed E-state index contributed by atoms with van der Waals surface area (Å²) in [6, 6.07) is -0.348. The predicted molar refractivity (Wildman–Crippen MR) is 64.2 cm³/mol. The summed E-state index contributed by atoms with van der Waals surface area (Å²) in [7, 11) is 0. The topological polar surface area (TPSA) is 78.5 Å². The molecule has 0 aromatic carbocycles. The van der Waals surface area contributed by atoms with Gasteiger partial charge in [0, 0.05) is 0 Å². The molecule has 2 aromatic rings. The second-order valence-corrected chi connectivity index (χ2v) is 3.98. The average molecular weight is 248 g/mol. The van der Waals surface area contributed by atoms with Crippen LogP contribution in [0.25, 0.3) is 0 Å². The molecule has 0 saturated heterocycles. The van der Waals surface area contributed by atoms with Crippen molar-refractivity contribution in [2.24, 2.45) is 0 Å². The van der Waals surface area contributed by atoms with Gasteiger partial charge in [-0.3, -0.25) is 0 Å². The summed E-state index contributed by atoms with van der Waals surface area (Å²) in [6.45, 7) is 4.11. The van der Waals surface area contributed by atoms with E-state index in [0.717, 1.165) is 35.3 Å². The molecule has 0 aliphatic rings. The normalized spacial score (nSPS) is 10.8. The molecule has 0 N–H and O–H groups in total. The highest BCUT2D eigenvalue weighted by molar-refractivity contribution is 5.77. The van der Waals surface area contributed by atoms with Crippen molar-refractivity contribution < 1.29 is 4.79 Å². The molecule has 0 atom stereocenters. The highest BCUT2D eigenvalue weighted by Gasteiger charge is 2.18. The first kappa shape index (κ1) is 12.4. The second-order valence-electron chi connectivity index (χ2n) is 3.98. The van der Waals surface area contributed by atoms with E-state index in [2.05, 4.69) is 27.5 Å². The van der Waals surface area contributed by atoms with Gasteiger partial charge in [-0.05, 0) is 19.3 Å². The largest absolute Gasteiger partial charge is 0.372 e. The smallest absolute Gasteiger partial charge is 0.243 e. The Kier molecular flexibility index (Phi) is 3.81. The molecular weight excluding hydrogens is 232 g/mol. The van der Waals surface area contributed by atoms with E-state index in [4.69, 9.17) is 0 Å². The molecule has 96 valence electrons. The van der Waals surface area contributed by atoms with Crippen LogP contribution < -0.4 is 0 Å². The summed E-state index contributed by atoms with van der Waals surface area (Å²) in [5.41, 5.74) is 1.75. The summed E-state index contributed by atoms with van der Waals surface area (Å²) in [5.74, 6) is 0. The summed E-state index contributed by atoms with van der Waals surface area (Å²) >= 11 is 0. The molecular formula is C11H16N6O. The van der Waals surface area contributed by atoms with Gasteiger partial charge in [-0.25, -0.2) is 4.79 Å². The van der Waals surface area contributed by atoms with Gasteiger partial charge in [-0.15, -0.1) is 10.2 Å². The molecule has 2 rings (SSSR count). The quantitative estimate of drug-likeness (QED) is 0.814. The highest BCUT2D eigenvalue weighted by atomic mass is 16.2. The van der Waals surface area contributed by atoms with Crippen LogP contribution in [-0.2, 0) is 12.8 Å². The van der Waals surface area contributed by atoms with E-state index in [1.54, 1.807) is 0 Å². The van der Waals surface area contributed by atoms with Crippen LogP contribution in [0.4, 0.5) is 4.79 Å². The molecule has 0 saturated carbocycles. The first-order valence-corrected chi connectivity index (χ1v) is 6.12. The van der Waals surface area contributed by atoms with E-state index in [1.807, 2.05) is 6.92 Å². The second kappa shape index (κ2) is 5.52. The zero-order valence-electron chi connectivity index (χ0n) is 10.6. The van der Waals surface area contributed by atoms with Gasteiger partial charge in [0.2, 0.25) is 0 Å². The monoisotopic (exact) mass is 248 g/mol. The highest BCUT2D eigenvalue weighted by Crippen LogP contribution is 2.10. The van der Waals surface area contributed by atoms with Gasteiger partial charge in [0.05, 0.1) is 23.8 Å². The fourth-order valence-electron chi connectivity index (χ4n) is 1.79. The predicted octanol–water partition coefficient (Wildman–Crippen LogP) is 1.29. The average Bonchev–Trinajstić information content (AvgIpc) is 3.04. The van der Waals surface area contributed by atoms with E-state index < -0.39 is 0 Å². The van der Waals surface area contributed by atoms with Gasteiger partial charge >= 0.3 is 6.03 Å². The first-order chi connectivity index (χ1) is 8.77. The zero-order valence-corrected chi connectivity index (χ0v) is 10.6. The van der Waals surface area contributed by atoms with Crippen molar-refractivity contribution in [3.63, 3.8) is 0 Å². The number of carbonyl (C=O) groups excluding carboxylic acids is 1. The molecule has 0 amide bonds. The van der Waals surface area contributed by atoms with Crippen LogP contribution in [0, 0.1) is 0 Å². The Morgan fingerprint density at radius 2 is 2.17 bits per heavy atom. The molecule has 7 nitrogen and oxygen atoms in total. The Labute approximate surface area is 105 Å². The Morgan fingerprint density at radius 3 is 2.78 bits per heavy atom. The van der Waals surface area contributed by atoms with Crippen molar-refractivity contribution in [2.75, 3.05) is 0 Å². The van der Waals surface area contributed by atoms with Crippen LogP contribution in [0.3, 0.4) is 0 Å². The lowest BCUT2D eigenvalue weighted by atomic mass is 10.1. The zero-order chi connectivity index (χ0) is 13.0. The first-order valence-electron chi connectivity index (χ1n) is 6.12. The van der Waals surface area contributed by atoms with Crippen molar-refractivity contribution in [1.29, 1.82) is 0 Å². The lowest BCUT2D eigenvalue weighted by Crippen LogP contribution is -2.23. The van der Waals surface area contributed by atoms with Gasteiger partial charge in [0.15, 0.2) is 0 Å². The molecule has 0 unspecified atom stereocenters. The van der Waals surface area contributed by atoms with Crippen molar-refractivity contribution in [3.05, 3.63) is 23.8 Å². The number of unbranched alkanes of at least 4 members (excludes halogenated alkanes) is 1. The molecule has 0 bridgehead atoms. The Hall–Kier alpha value is -2.05. The number of aryl methyl sites for hydroxylation is 1. The Bertz CT molecular complexity index is 516. The molecule has 0 fully saturated rings. The van der Waals surface area contributed by atoms with Crippen LogP contribution in [-0.4, -0.2) is 36.0 Å². The number of carbonyl (C=O) groups is 1. The molecule has 0 radical (unpaired) electrons. The van der Waals surface area contributed by atoms with Gasteiger partial charge in [-0.2, -0.15) is 9.36 Å². The standard InChI is InChI=1S/C11H16N6O/c1-3-5-6-9-10(4-2)17(15-13-9)11(18)16-8-7-12-14-16/h7-8H,3-6H2,1-2H3. The maximum atomic E-state index is 12.1.